The molecule has 0 spiro atoms. The van der Waals surface area contributed by atoms with Crippen molar-refractivity contribution in [2.24, 2.45) is 0 Å². The van der Waals surface area contributed by atoms with Gasteiger partial charge >= 0.3 is 0 Å². The van der Waals surface area contributed by atoms with Gasteiger partial charge in [0.1, 0.15) is 5.82 Å². The number of amides is 1. The fraction of sp³-hybridized carbons (Fsp3) is 0.350. The maximum Gasteiger partial charge on any atom is 0.223 e. The molecule has 0 radical (unpaired) electrons. The van der Waals surface area contributed by atoms with E-state index in [1.807, 2.05) is 35.2 Å². The normalized spacial score (nSPS) is 18.0. The highest BCUT2D eigenvalue weighted by Crippen LogP contribution is 2.35. The van der Waals surface area contributed by atoms with Gasteiger partial charge in [-0.3, -0.25) is 4.79 Å². The third kappa shape index (κ3) is 5.25. The van der Waals surface area contributed by atoms with Crippen molar-refractivity contribution in [2.45, 2.75) is 23.0 Å². The Morgan fingerprint density at radius 3 is 2.68 bits per heavy atom. The lowest BCUT2D eigenvalue weighted by atomic mass is 10.1. The Hall–Kier alpha value is -1.46. The second-order valence-electron chi connectivity index (χ2n) is 5.96. The van der Waals surface area contributed by atoms with Crippen molar-refractivity contribution in [3.8, 4) is 0 Å². The van der Waals surface area contributed by atoms with Gasteiger partial charge in [0.25, 0.3) is 0 Å². The highest BCUT2D eigenvalue weighted by atomic mass is 32.2. The Balaban J connectivity index is 1.49. The van der Waals surface area contributed by atoms with E-state index in [0.717, 1.165) is 30.0 Å². The maximum absolute atomic E-state index is 14.0. The van der Waals surface area contributed by atoms with Crippen LogP contribution in [0.25, 0.3) is 0 Å². The molecule has 1 heterocycles. The molecule has 1 aliphatic rings. The number of halogens is 1. The molecule has 0 aliphatic carbocycles. The van der Waals surface area contributed by atoms with Crippen molar-refractivity contribution in [1.82, 2.24) is 4.90 Å². The van der Waals surface area contributed by atoms with Gasteiger partial charge in [0.15, 0.2) is 0 Å². The summed E-state index contributed by atoms with van der Waals surface area (Å²) in [5.74, 6) is 1.72. The molecule has 1 saturated heterocycles. The summed E-state index contributed by atoms with van der Waals surface area (Å²) in [6.07, 6.45) is 1.36. The first-order valence-corrected chi connectivity index (χ1v) is 10.6. The third-order valence-electron chi connectivity index (χ3n) is 4.27. The molecule has 0 aromatic heterocycles. The van der Waals surface area contributed by atoms with Gasteiger partial charge in [-0.1, -0.05) is 36.4 Å². The van der Waals surface area contributed by atoms with Crippen molar-refractivity contribution in [2.75, 3.05) is 24.6 Å². The largest absolute Gasteiger partial charge is 0.342 e. The minimum atomic E-state index is -0.140. The topological polar surface area (TPSA) is 20.3 Å². The number of rotatable bonds is 5. The summed E-state index contributed by atoms with van der Waals surface area (Å²) in [7, 11) is 0. The van der Waals surface area contributed by atoms with Crippen LogP contribution < -0.4 is 0 Å². The molecule has 1 aliphatic heterocycles. The fourth-order valence-electron chi connectivity index (χ4n) is 2.94. The first-order valence-electron chi connectivity index (χ1n) is 8.55. The van der Waals surface area contributed by atoms with Crippen LogP contribution in [-0.4, -0.2) is 35.4 Å². The van der Waals surface area contributed by atoms with E-state index in [4.69, 9.17) is 0 Å². The number of hydrogen-bond acceptors (Lipinski definition) is 3. The Morgan fingerprint density at radius 2 is 1.88 bits per heavy atom. The summed E-state index contributed by atoms with van der Waals surface area (Å²) >= 11 is 3.47. The lowest BCUT2D eigenvalue weighted by Crippen LogP contribution is -2.33. The first kappa shape index (κ1) is 18.3. The van der Waals surface area contributed by atoms with Gasteiger partial charge in [0, 0.05) is 46.7 Å². The number of benzene rings is 2. The number of nitrogens with zero attached hydrogens (tertiary/aromatic N) is 1. The van der Waals surface area contributed by atoms with Crippen molar-refractivity contribution >= 4 is 29.4 Å². The molecular weight excluding hydrogens is 353 g/mol. The van der Waals surface area contributed by atoms with Crippen LogP contribution in [0.5, 0.6) is 0 Å². The molecule has 3 rings (SSSR count). The Labute approximate surface area is 157 Å². The first-order chi connectivity index (χ1) is 12.2. The van der Waals surface area contributed by atoms with Crippen LogP contribution in [0.1, 0.15) is 23.7 Å². The van der Waals surface area contributed by atoms with Gasteiger partial charge in [-0.25, -0.2) is 4.39 Å². The highest BCUT2D eigenvalue weighted by Gasteiger charge is 2.23. The van der Waals surface area contributed by atoms with E-state index in [1.165, 1.54) is 11.0 Å². The zero-order chi connectivity index (χ0) is 17.5. The smallest absolute Gasteiger partial charge is 0.223 e. The SMILES string of the molecule is O=C(CCSc1ccccc1)N1CCS[C@H](c2ccccc2F)CC1. The molecule has 2 aromatic rings. The molecule has 0 N–H and O–H groups in total. The van der Waals surface area contributed by atoms with Crippen molar-refractivity contribution in [3.63, 3.8) is 0 Å². The number of carbonyl (C=O) groups excluding carboxylic acids is 1. The molecule has 2 aromatic carbocycles. The van der Waals surface area contributed by atoms with Gasteiger partial charge < -0.3 is 4.90 Å². The van der Waals surface area contributed by atoms with Gasteiger partial charge in [-0.05, 0) is 24.6 Å². The molecule has 5 heteroatoms. The van der Waals surface area contributed by atoms with Crippen molar-refractivity contribution in [3.05, 3.63) is 66.0 Å². The molecule has 1 amide bonds. The summed E-state index contributed by atoms with van der Waals surface area (Å²) in [6, 6.07) is 17.1. The van der Waals surface area contributed by atoms with E-state index < -0.39 is 0 Å². The average molecular weight is 376 g/mol. The van der Waals surface area contributed by atoms with E-state index in [-0.39, 0.29) is 17.0 Å². The van der Waals surface area contributed by atoms with E-state index >= 15 is 0 Å². The number of hydrogen-bond donors (Lipinski definition) is 0. The van der Waals surface area contributed by atoms with E-state index in [2.05, 4.69) is 12.1 Å². The molecule has 1 atom stereocenters. The minimum absolute atomic E-state index is 0.137. The second-order valence-corrected chi connectivity index (χ2v) is 8.44. The Bertz CT molecular complexity index is 695. The van der Waals surface area contributed by atoms with E-state index in [1.54, 1.807) is 29.6 Å². The van der Waals surface area contributed by atoms with Gasteiger partial charge in [-0.2, -0.15) is 11.8 Å². The zero-order valence-electron chi connectivity index (χ0n) is 14.1. The summed E-state index contributed by atoms with van der Waals surface area (Å²) in [5.41, 5.74) is 0.765. The van der Waals surface area contributed by atoms with Crippen LogP contribution in [0.2, 0.25) is 0 Å². The number of carbonyl (C=O) groups is 1. The van der Waals surface area contributed by atoms with Crippen LogP contribution in [0.15, 0.2) is 59.5 Å². The van der Waals surface area contributed by atoms with Crippen LogP contribution in [0, 0.1) is 5.82 Å². The quantitative estimate of drug-likeness (QED) is 0.685. The highest BCUT2D eigenvalue weighted by molar-refractivity contribution is 7.99. The van der Waals surface area contributed by atoms with E-state index in [0.29, 0.717) is 13.0 Å². The monoisotopic (exact) mass is 375 g/mol. The molecule has 1 fully saturated rings. The summed E-state index contributed by atoms with van der Waals surface area (Å²) < 4.78 is 14.0. The summed E-state index contributed by atoms with van der Waals surface area (Å²) in [6.45, 7) is 1.46. The lowest BCUT2D eigenvalue weighted by molar-refractivity contribution is -0.130. The Morgan fingerprint density at radius 1 is 1.12 bits per heavy atom. The second kappa shape index (κ2) is 9.30. The standard InChI is InChI=1S/C20H22FNOS2/c21-18-9-5-4-8-17(18)19-10-12-22(13-15-25-19)20(23)11-14-24-16-6-2-1-3-7-16/h1-9,19H,10-15H2/t19-/m0/s1. The molecule has 2 nitrogen and oxygen atoms in total. The number of thioether (sulfide) groups is 2. The maximum atomic E-state index is 14.0. The minimum Gasteiger partial charge on any atom is -0.342 e. The zero-order valence-corrected chi connectivity index (χ0v) is 15.7. The predicted octanol–water partition coefficient (Wildman–Crippen LogP) is 5.01. The van der Waals surface area contributed by atoms with Crippen LogP contribution in [0.3, 0.4) is 0 Å². The average Bonchev–Trinajstić information content (AvgIpc) is 2.89. The Kier molecular flexibility index (Phi) is 6.82. The van der Waals surface area contributed by atoms with Gasteiger partial charge in [-0.15, -0.1) is 11.8 Å². The van der Waals surface area contributed by atoms with Crippen LogP contribution in [0.4, 0.5) is 4.39 Å². The fourth-order valence-corrected chi connectivity index (χ4v) is 5.05. The van der Waals surface area contributed by atoms with Gasteiger partial charge in [0.2, 0.25) is 5.91 Å². The van der Waals surface area contributed by atoms with Crippen LogP contribution in [-0.2, 0) is 4.79 Å². The predicted molar refractivity (Wildman–Crippen MR) is 105 cm³/mol. The third-order valence-corrected chi connectivity index (χ3v) is 6.60. The lowest BCUT2D eigenvalue weighted by Gasteiger charge is -2.20. The van der Waals surface area contributed by atoms with Gasteiger partial charge in [0.05, 0.1) is 0 Å². The van der Waals surface area contributed by atoms with Crippen molar-refractivity contribution < 1.29 is 9.18 Å². The van der Waals surface area contributed by atoms with E-state index in [9.17, 15) is 9.18 Å². The molecule has 0 saturated carbocycles. The molecule has 132 valence electrons. The summed E-state index contributed by atoms with van der Waals surface area (Å²) in [5, 5.41) is 0.137. The molecule has 25 heavy (non-hydrogen) atoms. The molecule has 0 bridgehead atoms. The molecule has 0 unspecified atom stereocenters. The molecular formula is C20H22FNOS2. The van der Waals surface area contributed by atoms with Crippen molar-refractivity contribution in [1.29, 1.82) is 0 Å². The summed E-state index contributed by atoms with van der Waals surface area (Å²) in [4.78, 5) is 15.6. The van der Waals surface area contributed by atoms with Crippen LogP contribution >= 0.6 is 23.5 Å².